The number of carbonyl (C=O) groups excluding carboxylic acids is 1. The van der Waals surface area contributed by atoms with Crippen molar-refractivity contribution >= 4 is 34.5 Å². The summed E-state index contributed by atoms with van der Waals surface area (Å²) in [6, 6.07) is 9.61. The molecule has 0 aromatic carbocycles. The van der Waals surface area contributed by atoms with Gasteiger partial charge in [-0.3, -0.25) is 9.78 Å². The van der Waals surface area contributed by atoms with Crippen LogP contribution in [0.1, 0.15) is 36.6 Å². The molecule has 0 bridgehead atoms. The number of hydrogen-bond acceptors (Lipinski definition) is 9. The predicted molar refractivity (Wildman–Crippen MR) is 129 cm³/mol. The minimum atomic E-state index is -0.701. The number of aliphatic hydroxyl groups is 1. The number of pyridine rings is 3. The van der Waals surface area contributed by atoms with Crippen LogP contribution < -0.4 is 15.4 Å². The van der Waals surface area contributed by atoms with Crippen LogP contribution in [-0.2, 0) is 16.1 Å². The largest absolute Gasteiger partial charge is 0.481 e. The number of fused-ring (bicyclic) bond motifs is 2. The van der Waals surface area contributed by atoms with Gasteiger partial charge in [-0.25, -0.2) is 9.97 Å². The number of nitrogens with one attached hydrogen (secondary N) is 2. The van der Waals surface area contributed by atoms with Crippen LogP contribution in [0, 0.1) is 0 Å². The Kier molecular flexibility index (Phi) is 6.91. The summed E-state index contributed by atoms with van der Waals surface area (Å²) in [5.41, 5.74) is 2.99. The molecule has 1 amide bonds. The Morgan fingerprint density at radius 1 is 1.26 bits per heavy atom. The summed E-state index contributed by atoms with van der Waals surface area (Å²) in [7, 11) is 1.57. The van der Waals surface area contributed by atoms with Gasteiger partial charge in [0.2, 0.25) is 11.8 Å². The van der Waals surface area contributed by atoms with Crippen molar-refractivity contribution in [1.82, 2.24) is 20.3 Å². The number of carbonyl (C=O) groups is 1. The minimum absolute atomic E-state index is 0.0151. The number of methoxy groups -OCH3 is 1. The molecule has 178 valence electrons. The van der Waals surface area contributed by atoms with E-state index >= 15 is 0 Å². The van der Waals surface area contributed by atoms with Gasteiger partial charge < -0.3 is 25.2 Å². The molecule has 3 N–H and O–H groups in total. The maximum Gasteiger partial charge on any atom is 0.235 e. The molecule has 3 aromatic rings. The first-order chi connectivity index (χ1) is 16.6. The fourth-order valence-corrected chi connectivity index (χ4v) is 5.05. The lowest BCUT2D eigenvalue weighted by molar-refractivity contribution is -0.113. The van der Waals surface area contributed by atoms with Crippen LogP contribution in [0.5, 0.6) is 5.88 Å². The average Bonchev–Trinajstić information content (AvgIpc) is 2.87. The Balaban J connectivity index is 1.14. The highest BCUT2D eigenvalue weighted by atomic mass is 32.2. The third kappa shape index (κ3) is 5.15. The van der Waals surface area contributed by atoms with E-state index in [0.29, 0.717) is 42.5 Å². The van der Waals surface area contributed by atoms with Crippen LogP contribution in [-0.4, -0.2) is 57.6 Å². The van der Waals surface area contributed by atoms with Gasteiger partial charge in [-0.1, -0.05) is 0 Å². The molecule has 1 saturated heterocycles. The van der Waals surface area contributed by atoms with Gasteiger partial charge in [-0.2, -0.15) is 0 Å². The van der Waals surface area contributed by atoms with Crippen LogP contribution in [0.3, 0.4) is 0 Å². The molecule has 9 nitrogen and oxygen atoms in total. The van der Waals surface area contributed by atoms with Gasteiger partial charge >= 0.3 is 0 Å². The van der Waals surface area contributed by atoms with E-state index in [1.165, 1.54) is 11.8 Å². The molecule has 2 aliphatic rings. The summed E-state index contributed by atoms with van der Waals surface area (Å²) in [6.45, 7) is 1.17. The van der Waals surface area contributed by atoms with Crippen LogP contribution in [0.4, 0.5) is 5.82 Å². The standard InChI is InChI=1S/C24H27N5O4S/c1-32-22-7-5-18-23(29-22)17(8-9-25-18)19(30)10-16-4-2-15(12-33-16)26-11-14-3-6-20-24(27-14)28-21(31)13-34-20/h3,5-9,15-16,19,26,30H,2,4,10-13H2,1H3,(H,27,28,31)/t15-,16+,19?/m1/s1. The van der Waals surface area contributed by atoms with E-state index in [4.69, 9.17) is 9.47 Å². The molecular weight excluding hydrogens is 454 g/mol. The summed E-state index contributed by atoms with van der Waals surface area (Å²) in [4.78, 5) is 26.0. The molecule has 0 radical (unpaired) electrons. The highest BCUT2D eigenvalue weighted by molar-refractivity contribution is 8.00. The predicted octanol–water partition coefficient (Wildman–Crippen LogP) is 2.84. The maximum atomic E-state index is 11.6. The fourth-order valence-electron chi connectivity index (χ4n) is 4.29. The van der Waals surface area contributed by atoms with E-state index in [1.54, 1.807) is 25.4 Å². The summed E-state index contributed by atoms with van der Waals surface area (Å²) < 4.78 is 11.3. The van der Waals surface area contributed by atoms with Crippen molar-refractivity contribution in [2.24, 2.45) is 0 Å². The zero-order valence-electron chi connectivity index (χ0n) is 18.9. The van der Waals surface area contributed by atoms with E-state index in [-0.39, 0.29) is 18.1 Å². The molecule has 5 heterocycles. The Morgan fingerprint density at radius 3 is 3.00 bits per heavy atom. The second-order valence-corrected chi connectivity index (χ2v) is 9.49. The second-order valence-electron chi connectivity index (χ2n) is 8.47. The normalized spacial score (nSPS) is 21.1. The molecular formula is C24H27N5O4S. The van der Waals surface area contributed by atoms with Gasteiger partial charge in [0.05, 0.1) is 53.3 Å². The number of anilines is 1. The zero-order valence-corrected chi connectivity index (χ0v) is 19.7. The summed E-state index contributed by atoms with van der Waals surface area (Å²) >= 11 is 1.51. The first-order valence-corrected chi connectivity index (χ1v) is 12.3. The lowest BCUT2D eigenvalue weighted by atomic mass is 9.96. The van der Waals surface area contributed by atoms with Crippen LogP contribution in [0.15, 0.2) is 41.4 Å². The molecule has 1 unspecified atom stereocenters. The van der Waals surface area contributed by atoms with Gasteiger partial charge in [-0.15, -0.1) is 11.8 Å². The number of rotatable bonds is 7. The summed E-state index contributed by atoms with van der Waals surface area (Å²) in [5.74, 6) is 1.55. The third-order valence-corrected chi connectivity index (χ3v) is 7.17. The Labute approximate surface area is 201 Å². The SMILES string of the molecule is COc1ccc2nccc(C(O)C[C@@H]3CC[C@@H](NCc4ccc5c(n4)NC(=O)CS5)CO3)c2n1. The molecule has 1 fully saturated rings. The lowest BCUT2D eigenvalue weighted by Crippen LogP contribution is -2.40. The Morgan fingerprint density at radius 2 is 2.18 bits per heavy atom. The molecule has 3 aromatic heterocycles. The van der Waals surface area contributed by atoms with E-state index in [1.807, 2.05) is 18.2 Å². The molecule has 3 atom stereocenters. The number of nitrogens with zero attached hydrogens (tertiary/aromatic N) is 3. The molecule has 2 aliphatic heterocycles. The third-order valence-electron chi connectivity index (χ3n) is 6.12. The van der Waals surface area contributed by atoms with E-state index in [0.717, 1.165) is 34.5 Å². The van der Waals surface area contributed by atoms with Crippen LogP contribution >= 0.6 is 11.8 Å². The number of hydrogen-bond donors (Lipinski definition) is 3. The highest BCUT2D eigenvalue weighted by Crippen LogP contribution is 2.31. The van der Waals surface area contributed by atoms with Crippen molar-refractivity contribution in [2.75, 3.05) is 24.8 Å². The minimum Gasteiger partial charge on any atom is -0.481 e. The van der Waals surface area contributed by atoms with Crippen LogP contribution in [0.2, 0.25) is 0 Å². The van der Waals surface area contributed by atoms with E-state index in [2.05, 4.69) is 25.6 Å². The molecule has 10 heteroatoms. The van der Waals surface area contributed by atoms with Crippen molar-refractivity contribution in [3.05, 3.63) is 47.8 Å². The van der Waals surface area contributed by atoms with Gasteiger partial charge in [0.1, 0.15) is 5.82 Å². The molecule has 0 spiro atoms. The summed E-state index contributed by atoms with van der Waals surface area (Å²) in [5, 5.41) is 17.3. The van der Waals surface area contributed by atoms with Crippen molar-refractivity contribution in [1.29, 1.82) is 0 Å². The first-order valence-electron chi connectivity index (χ1n) is 11.3. The van der Waals surface area contributed by atoms with E-state index < -0.39 is 6.10 Å². The van der Waals surface area contributed by atoms with E-state index in [9.17, 15) is 9.90 Å². The lowest BCUT2D eigenvalue weighted by Gasteiger charge is -2.31. The Bertz CT molecular complexity index is 1190. The fraction of sp³-hybridized carbons (Fsp3) is 0.417. The van der Waals surface area contributed by atoms with Gasteiger partial charge in [-0.05, 0) is 37.1 Å². The van der Waals surface area contributed by atoms with Crippen molar-refractivity contribution in [3.8, 4) is 5.88 Å². The van der Waals surface area contributed by atoms with Crippen molar-refractivity contribution in [3.63, 3.8) is 0 Å². The average molecular weight is 482 g/mol. The molecule has 5 rings (SSSR count). The number of amides is 1. The highest BCUT2D eigenvalue weighted by Gasteiger charge is 2.26. The topological polar surface area (TPSA) is 118 Å². The number of ether oxygens (including phenoxy) is 2. The number of aromatic nitrogens is 3. The molecule has 0 aliphatic carbocycles. The second kappa shape index (κ2) is 10.2. The number of thioether (sulfide) groups is 1. The van der Waals surface area contributed by atoms with Gasteiger partial charge in [0.15, 0.2) is 0 Å². The molecule has 0 saturated carbocycles. The first kappa shape index (κ1) is 23.0. The van der Waals surface area contributed by atoms with Gasteiger partial charge in [0, 0.05) is 36.8 Å². The Hall–Kier alpha value is -2.79. The van der Waals surface area contributed by atoms with Crippen LogP contribution in [0.25, 0.3) is 11.0 Å². The number of aliphatic hydroxyl groups excluding tert-OH is 1. The smallest absolute Gasteiger partial charge is 0.235 e. The maximum absolute atomic E-state index is 11.6. The monoisotopic (exact) mass is 481 g/mol. The zero-order chi connectivity index (χ0) is 23.5. The quantitative estimate of drug-likeness (QED) is 0.468. The molecule has 34 heavy (non-hydrogen) atoms. The van der Waals surface area contributed by atoms with Gasteiger partial charge in [0.25, 0.3) is 0 Å². The summed E-state index contributed by atoms with van der Waals surface area (Å²) in [6.07, 6.45) is 3.24. The van der Waals surface area contributed by atoms with Crippen molar-refractivity contribution < 1.29 is 19.4 Å². The van der Waals surface area contributed by atoms with Crippen molar-refractivity contribution in [2.45, 2.75) is 49.0 Å².